The van der Waals surface area contributed by atoms with Gasteiger partial charge in [0.25, 0.3) is 5.56 Å². The number of aliphatic hydroxyl groups is 1. The van der Waals surface area contributed by atoms with Crippen LogP contribution in [0.1, 0.15) is 21.5 Å². The van der Waals surface area contributed by atoms with Gasteiger partial charge in [-0.15, -0.1) is 0 Å². The van der Waals surface area contributed by atoms with E-state index in [1.54, 1.807) is 6.20 Å². The number of carbonyl (C=O) groups is 1. The van der Waals surface area contributed by atoms with Gasteiger partial charge in [-0.2, -0.15) is 0 Å². The van der Waals surface area contributed by atoms with Gasteiger partial charge in [-0.1, -0.05) is 0 Å². The number of hydrogen-bond donors (Lipinski definition) is 4. The molecular weight excluding hydrogens is 312 g/mol. The maximum atomic E-state index is 12.3. The molecule has 0 saturated heterocycles. The lowest BCUT2D eigenvalue weighted by atomic mass is 9.95. The van der Waals surface area contributed by atoms with Crippen molar-refractivity contribution in [1.29, 1.82) is 0 Å². The lowest BCUT2D eigenvalue weighted by Gasteiger charge is -2.13. The molecule has 1 aliphatic rings. The lowest BCUT2D eigenvalue weighted by Crippen LogP contribution is -2.23. The average Bonchev–Trinajstić information content (AvgIpc) is 2.93. The molecule has 3 aromatic rings. The van der Waals surface area contributed by atoms with Crippen LogP contribution in [0.4, 0.5) is 0 Å². The molecule has 1 aliphatic heterocycles. The average molecular weight is 326 g/mol. The van der Waals surface area contributed by atoms with Crippen molar-refractivity contribution in [2.45, 2.75) is 13.0 Å². The van der Waals surface area contributed by atoms with Crippen LogP contribution in [0.5, 0.6) is 5.75 Å². The van der Waals surface area contributed by atoms with E-state index in [0.717, 1.165) is 10.9 Å². The third kappa shape index (κ3) is 2.02. The Labute approximate surface area is 135 Å². The van der Waals surface area contributed by atoms with Gasteiger partial charge >= 0.3 is 5.97 Å². The summed E-state index contributed by atoms with van der Waals surface area (Å²) in [7, 11) is 0. The Bertz CT molecular complexity index is 1030. The summed E-state index contributed by atoms with van der Waals surface area (Å²) in [5.74, 6) is -0.749. The highest BCUT2D eigenvalue weighted by atomic mass is 16.5. The maximum absolute atomic E-state index is 12.3. The van der Waals surface area contributed by atoms with Crippen molar-refractivity contribution in [3.63, 3.8) is 0 Å². The molecule has 122 valence electrons. The zero-order chi connectivity index (χ0) is 16.8. The van der Waals surface area contributed by atoms with E-state index in [0.29, 0.717) is 35.6 Å². The Balaban J connectivity index is 2.08. The molecular formula is C17H14N2O5. The number of pyridine rings is 1. The monoisotopic (exact) mass is 326 g/mol. The number of aliphatic hydroxyl groups excluding tert-OH is 1. The Morgan fingerprint density at radius 2 is 2.17 bits per heavy atom. The summed E-state index contributed by atoms with van der Waals surface area (Å²) in [6, 6.07) is 5.63. The van der Waals surface area contributed by atoms with Crippen LogP contribution >= 0.6 is 0 Å². The van der Waals surface area contributed by atoms with Crippen LogP contribution < -0.4 is 10.3 Å². The van der Waals surface area contributed by atoms with Crippen LogP contribution in [0, 0.1) is 0 Å². The number of carboxylic acids is 1. The van der Waals surface area contributed by atoms with Gasteiger partial charge < -0.3 is 24.9 Å². The standard InChI is InChI=1S/C17H14N2O5/c20-7-11-9-2-4-24-13-6-12-8(1-3-18-12)5-10(13)15(9)19-16(21)14(11)17(22)23/h1,3,5-6,18,20H,2,4,7H2,(H,19,21)(H,22,23). The molecule has 0 atom stereocenters. The molecule has 7 nitrogen and oxygen atoms in total. The smallest absolute Gasteiger partial charge is 0.341 e. The third-order valence-corrected chi connectivity index (χ3v) is 4.34. The summed E-state index contributed by atoms with van der Waals surface area (Å²) in [6.07, 6.45) is 2.20. The van der Waals surface area contributed by atoms with Crippen molar-refractivity contribution in [2.24, 2.45) is 0 Å². The zero-order valence-corrected chi connectivity index (χ0v) is 12.5. The molecule has 0 bridgehead atoms. The molecule has 0 saturated carbocycles. The first-order valence-electron chi connectivity index (χ1n) is 7.46. The van der Waals surface area contributed by atoms with Gasteiger partial charge in [-0.25, -0.2) is 4.79 Å². The topological polar surface area (TPSA) is 115 Å². The number of ether oxygens (including phenoxy) is 1. The van der Waals surface area contributed by atoms with Crippen molar-refractivity contribution < 1.29 is 19.7 Å². The molecule has 0 unspecified atom stereocenters. The Kier molecular flexibility index (Phi) is 3.17. The Hall–Kier alpha value is -3.06. The SMILES string of the molecule is O=C(O)c1c(CO)c2c([nH]c1=O)-c1cc3cc[nH]c3cc1OCC2. The number of aromatic carboxylic acids is 1. The number of fused-ring (bicyclic) bond motifs is 4. The highest BCUT2D eigenvalue weighted by molar-refractivity contribution is 5.92. The van der Waals surface area contributed by atoms with Crippen molar-refractivity contribution >= 4 is 16.9 Å². The first kappa shape index (κ1) is 14.5. The molecule has 2 aromatic heterocycles. The Morgan fingerprint density at radius 1 is 1.33 bits per heavy atom. The van der Waals surface area contributed by atoms with Crippen molar-refractivity contribution in [3.05, 3.63) is 51.4 Å². The van der Waals surface area contributed by atoms with E-state index >= 15 is 0 Å². The fraction of sp³-hybridized carbons (Fsp3) is 0.176. The molecule has 0 radical (unpaired) electrons. The lowest BCUT2D eigenvalue weighted by molar-refractivity contribution is 0.0691. The highest BCUT2D eigenvalue weighted by Gasteiger charge is 2.26. The maximum Gasteiger partial charge on any atom is 0.341 e. The van der Waals surface area contributed by atoms with Gasteiger partial charge in [0.2, 0.25) is 0 Å². The second-order valence-corrected chi connectivity index (χ2v) is 5.64. The number of nitrogens with one attached hydrogen (secondary N) is 2. The summed E-state index contributed by atoms with van der Waals surface area (Å²) < 4.78 is 5.78. The third-order valence-electron chi connectivity index (χ3n) is 4.34. The van der Waals surface area contributed by atoms with Gasteiger partial charge in [0.05, 0.1) is 18.9 Å². The summed E-state index contributed by atoms with van der Waals surface area (Å²) >= 11 is 0. The second kappa shape index (κ2) is 5.24. The zero-order valence-electron chi connectivity index (χ0n) is 12.5. The van der Waals surface area contributed by atoms with Crippen LogP contribution in [0.15, 0.2) is 29.2 Å². The largest absolute Gasteiger partial charge is 0.492 e. The molecule has 0 amide bonds. The van der Waals surface area contributed by atoms with Crippen molar-refractivity contribution in [3.8, 4) is 17.0 Å². The summed E-state index contributed by atoms with van der Waals surface area (Å²) in [5, 5.41) is 19.9. The minimum atomic E-state index is -1.35. The molecule has 0 aliphatic carbocycles. The number of aromatic amines is 2. The molecule has 4 rings (SSSR count). The number of aromatic nitrogens is 2. The van der Waals surface area contributed by atoms with Gasteiger partial charge in [-0.05, 0) is 17.7 Å². The first-order chi connectivity index (χ1) is 11.6. The van der Waals surface area contributed by atoms with Gasteiger partial charge in [0.1, 0.15) is 11.3 Å². The number of rotatable bonds is 2. The molecule has 0 fully saturated rings. The van der Waals surface area contributed by atoms with E-state index in [-0.39, 0.29) is 5.56 Å². The molecule has 3 heterocycles. The predicted octanol–water partition coefficient (Wildman–Crippen LogP) is 1.65. The summed E-state index contributed by atoms with van der Waals surface area (Å²) in [4.78, 5) is 29.4. The number of carboxylic acid groups (broad SMARTS) is 1. The fourth-order valence-corrected chi connectivity index (χ4v) is 3.26. The van der Waals surface area contributed by atoms with Gasteiger partial charge in [0.15, 0.2) is 0 Å². The van der Waals surface area contributed by atoms with E-state index in [9.17, 15) is 19.8 Å². The van der Waals surface area contributed by atoms with Crippen LogP contribution in [0.2, 0.25) is 0 Å². The van der Waals surface area contributed by atoms with Gasteiger partial charge in [0, 0.05) is 40.7 Å². The van der Waals surface area contributed by atoms with E-state index in [2.05, 4.69) is 9.97 Å². The Morgan fingerprint density at radius 3 is 2.92 bits per heavy atom. The normalized spacial score (nSPS) is 13.0. The minimum absolute atomic E-state index is 0.145. The van der Waals surface area contributed by atoms with Crippen LogP contribution in [0.3, 0.4) is 0 Å². The summed E-state index contributed by atoms with van der Waals surface area (Å²) in [6.45, 7) is -0.195. The predicted molar refractivity (Wildman–Crippen MR) is 86.4 cm³/mol. The van der Waals surface area contributed by atoms with Crippen LogP contribution in [0.25, 0.3) is 22.2 Å². The number of hydrogen-bond acceptors (Lipinski definition) is 4. The quantitative estimate of drug-likeness (QED) is 0.571. The molecule has 4 N–H and O–H groups in total. The molecule has 7 heteroatoms. The van der Waals surface area contributed by atoms with Gasteiger partial charge in [-0.3, -0.25) is 4.79 Å². The number of H-pyrrole nitrogens is 2. The molecule has 1 aromatic carbocycles. The van der Waals surface area contributed by atoms with Crippen molar-refractivity contribution in [2.75, 3.05) is 6.61 Å². The number of benzene rings is 1. The van der Waals surface area contributed by atoms with Crippen LogP contribution in [-0.4, -0.2) is 32.8 Å². The van der Waals surface area contributed by atoms with E-state index < -0.39 is 23.7 Å². The van der Waals surface area contributed by atoms with E-state index in [1.165, 1.54) is 0 Å². The van der Waals surface area contributed by atoms with E-state index in [4.69, 9.17) is 4.74 Å². The first-order valence-corrected chi connectivity index (χ1v) is 7.46. The summed E-state index contributed by atoms with van der Waals surface area (Å²) in [5.41, 5.74) is 1.69. The van der Waals surface area contributed by atoms with Crippen LogP contribution in [-0.2, 0) is 13.0 Å². The second-order valence-electron chi connectivity index (χ2n) is 5.64. The fourth-order valence-electron chi connectivity index (χ4n) is 3.26. The molecule has 0 spiro atoms. The minimum Gasteiger partial charge on any atom is -0.492 e. The highest BCUT2D eigenvalue weighted by Crippen LogP contribution is 2.38. The molecule has 24 heavy (non-hydrogen) atoms. The van der Waals surface area contributed by atoms with Crippen molar-refractivity contribution in [1.82, 2.24) is 9.97 Å². The van der Waals surface area contributed by atoms with E-state index in [1.807, 2.05) is 18.2 Å².